The van der Waals surface area contributed by atoms with Crippen molar-refractivity contribution >= 4 is 71.2 Å². The topological polar surface area (TPSA) is 8.17 Å². The van der Waals surface area contributed by atoms with Gasteiger partial charge in [-0.1, -0.05) is 182 Å². The van der Waals surface area contributed by atoms with Gasteiger partial charge in [0.2, 0.25) is 0 Å². The molecule has 0 atom stereocenters. The van der Waals surface area contributed by atoms with Gasteiger partial charge in [-0.2, -0.15) is 0 Å². The molecule has 0 bridgehead atoms. The Morgan fingerprint density at radius 2 is 0.919 bits per heavy atom. The minimum absolute atomic E-state index is 1.09. The van der Waals surface area contributed by atoms with Crippen molar-refractivity contribution in [3.63, 3.8) is 0 Å². The molecule has 0 N–H and O–H groups in total. The molecule has 12 aromatic rings. The van der Waals surface area contributed by atoms with Crippen molar-refractivity contribution < 1.29 is 0 Å². The summed E-state index contributed by atoms with van der Waals surface area (Å²) in [4.78, 5) is 2.43. The zero-order chi connectivity index (χ0) is 41.0. The zero-order valence-corrected chi connectivity index (χ0v) is 34.0. The van der Waals surface area contributed by atoms with Crippen molar-refractivity contribution in [1.29, 1.82) is 0 Å². The lowest BCUT2D eigenvalue weighted by Crippen LogP contribution is -2.11. The lowest BCUT2D eigenvalue weighted by Gasteiger charge is -2.28. The fraction of sp³-hybridized carbons (Fsp3) is 0. The second kappa shape index (κ2) is 14.8. The molecule has 0 fully saturated rings. The van der Waals surface area contributed by atoms with Crippen LogP contribution in [0, 0.1) is 0 Å². The summed E-state index contributed by atoms with van der Waals surface area (Å²) >= 11 is 0. The molecule has 1 aromatic heterocycles. The second-order valence-electron chi connectivity index (χ2n) is 16.1. The van der Waals surface area contributed by atoms with Crippen molar-refractivity contribution in [3.8, 4) is 39.1 Å². The maximum absolute atomic E-state index is 2.43. The number of aromatic nitrogens is 1. The molecule has 0 saturated heterocycles. The summed E-state index contributed by atoms with van der Waals surface area (Å²) in [5.41, 5.74) is 14.0. The molecule has 12 rings (SSSR count). The van der Waals surface area contributed by atoms with Crippen LogP contribution in [0.5, 0.6) is 0 Å². The van der Waals surface area contributed by atoms with Gasteiger partial charge in [0.05, 0.1) is 16.7 Å². The van der Waals surface area contributed by atoms with Crippen LogP contribution in [0.25, 0.3) is 93.2 Å². The van der Waals surface area contributed by atoms with E-state index in [2.05, 4.69) is 252 Å². The summed E-state index contributed by atoms with van der Waals surface area (Å²) in [5.74, 6) is 0. The number of fused-ring (bicyclic) bond motifs is 7. The van der Waals surface area contributed by atoms with Gasteiger partial charge in [0, 0.05) is 33.4 Å². The molecular weight excluding hydrogens is 749 g/mol. The third-order valence-electron chi connectivity index (χ3n) is 12.5. The van der Waals surface area contributed by atoms with Crippen molar-refractivity contribution in [3.05, 3.63) is 243 Å². The molecule has 2 nitrogen and oxygen atoms in total. The summed E-state index contributed by atoms with van der Waals surface area (Å²) in [6, 6.07) is 88.5. The maximum atomic E-state index is 2.43. The van der Waals surface area contributed by atoms with E-state index in [-0.39, 0.29) is 0 Å². The van der Waals surface area contributed by atoms with E-state index in [9.17, 15) is 0 Å². The van der Waals surface area contributed by atoms with Crippen LogP contribution in [0.1, 0.15) is 0 Å². The van der Waals surface area contributed by atoms with Crippen LogP contribution in [0.4, 0.5) is 17.1 Å². The largest absolute Gasteiger partial charge is 0.310 e. The molecule has 290 valence electrons. The highest BCUT2D eigenvalue weighted by Gasteiger charge is 2.22. The third kappa shape index (κ3) is 5.96. The lowest BCUT2D eigenvalue weighted by atomic mass is 9.92. The highest BCUT2D eigenvalue weighted by molar-refractivity contribution is 6.23. The molecule has 2 heteroatoms. The van der Waals surface area contributed by atoms with Crippen LogP contribution >= 0.6 is 0 Å². The normalized spacial score (nSPS) is 11.5. The van der Waals surface area contributed by atoms with E-state index in [4.69, 9.17) is 0 Å². The summed E-state index contributed by atoms with van der Waals surface area (Å²) < 4.78 is 2.42. The third-order valence-corrected chi connectivity index (χ3v) is 12.5. The number of benzene rings is 11. The van der Waals surface area contributed by atoms with E-state index < -0.39 is 0 Å². The van der Waals surface area contributed by atoms with Gasteiger partial charge >= 0.3 is 0 Å². The highest BCUT2D eigenvalue weighted by Crippen LogP contribution is 2.46. The van der Waals surface area contributed by atoms with Gasteiger partial charge < -0.3 is 9.47 Å². The van der Waals surface area contributed by atoms with E-state index >= 15 is 0 Å². The monoisotopic (exact) mass is 788 g/mol. The molecule has 0 aliphatic heterocycles. The molecule has 0 radical (unpaired) electrons. The molecule has 0 aliphatic carbocycles. The molecule has 0 saturated carbocycles. The Kier molecular flexibility index (Phi) is 8.53. The number of hydrogen-bond acceptors (Lipinski definition) is 1. The molecule has 0 spiro atoms. The fourth-order valence-corrected chi connectivity index (χ4v) is 9.70. The molecule has 62 heavy (non-hydrogen) atoms. The van der Waals surface area contributed by atoms with Crippen LogP contribution in [-0.4, -0.2) is 4.57 Å². The van der Waals surface area contributed by atoms with Gasteiger partial charge in [-0.15, -0.1) is 0 Å². The SMILES string of the molecule is c1ccc(-c2ccccc2N(c2ccc(-c3ccc4c(ccc5ccccc54)c3)cc2)c2cccc(-c3c4ccccc4cc4c3c3ccccc3n4-c3ccccc3)c2)cc1. The lowest BCUT2D eigenvalue weighted by molar-refractivity contribution is 1.18. The molecule has 11 aromatic carbocycles. The van der Waals surface area contributed by atoms with Crippen LogP contribution in [0.3, 0.4) is 0 Å². The summed E-state index contributed by atoms with van der Waals surface area (Å²) in [5, 5.41) is 10.0. The molecule has 0 aliphatic rings. The van der Waals surface area contributed by atoms with Gasteiger partial charge in [0.15, 0.2) is 0 Å². The van der Waals surface area contributed by atoms with Gasteiger partial charge in [-0.25, -0.2) is 0 Å². The number of hydrogen-bond donors (Lipinski definition) is 0. The Morgan fingerprint density at radius 1 is 0.306 bits per heavy atom. The quantitative estimate of drug-likeness (QED) is 0.146. The van der Waals surface area contributed by atoms with Crippen LogP contribution in [0.2, 0.25) is 0 Å². The predicted molar refractivity (Wildman–Crippen MR) is 264 cm³/mol. The number of para-hydroxylation sites is 3. The van der Waals surface area contributed by atoms with Crippen LogP contribution < -0.4 is 4.90 Å². The molecule has 0 amide bonds. The van der Waals surface area contributed by atoms with Crippen LogP contribution in [0.15, 0.2) is 243 Å². The summed E-state index contributed by atoms with van der Waals surface area (Å²) in [6.07, 6.45) is 0. The molecule has 1 heterocycles. The Balaban J connectivity index is 1.05. The average Bonchev–Trinajstić information content (AvgIpc) is 3.67. The zero-order valence-electron chi connectivity index (χ0n) is 34.0. The Morgan fingerprint density at radius 3 is 1.76 bits per heavy atom. The van der Waals surface area contributed by atoms with Gasteiger partial charge in [0.25, 0.3) is 0 Å². The van der Waals surface area contributed by atoms with Crippen molar-refractivity contribution in [2.24, 2.45) is 0 Å². The first-order valence-electron chi connectivity index (χ1n) is 21.3. The van der Waals surface area contributed by atoms with Crippen molar-refractivity contribution in [2.45, 2.75) is 0 Å². The number of nitrogens with zero attached hydrogens (tertiary/aromatic N) is 2. The van der Waals surface area contributed by atoms with Gasteiger partial charge in [0.1, 0.15) is 0 Å². The molecular formula is C60H40N2. The van der Waals surface area contributed by atoms with E-state index in [0.29, 0.717) is 0 Å². The van der Waals surface area contributed by atoms with Crippen LogP contribution in [-0.2, 0) is 0 Å². The Labute approximate surface area is 360 Å². The van der Waals surface area contributed by atoms with Gasteiger partial charge in [-0.3, -0.25) is 0 Å². The smallest absolute Gasteiger partial charge is 0.0553 e. The fourth-order valence-electron chi connectivity index (χ4n) is 9.70. The first-order chi connectivity index (χ1) is 30.8. The highest BCUT2D eigenvalue weighted by atomic mass is 15.1. The average molecular weight is 789 g/mol. The summed E-state index contributed by atoms with van der Waals surface area (Å²) in [7, 11) is 0. The molecule has 0 unspecified atom stereocenters. The Hall–Kier alpha value is -8.20. The minimum atomic E-state index is 1.09. The predicted octanol–water partition coefficient (Wildman–Crippen LogP) is 16.7. The van der Waals surface area contributed by atoms with Gasteiger partial charge in [-0.05, 0) is 121 Å². The van der Waals surface area contributed by atoms with Crippen molar-refractivity contribution in [2.75, 3.05) is 4.90 Å². The van der Waals surface area contributed by atoms with E-state index in [1.807, 2.05) is 0 Å². The second-order valence-corrected chi connectivity index (χ2v) is 16.1. The van der Waals surface area contributed by atoms with Crippen molar-refractivity contribution in [1.82, 2.24) is 4.57 Å². The first-order valence-corrected chi connectivity index (χ1v) is 21.3. The van der Waals surface area contributed by atoms with E-state index in [0.717, 1.165) is 22.7 Å². The Bertz CT molecular complexity index is 3620. The number of anilines is 3. The minimum Gasteiger partial charge on any atom is -0.310 e. The first kappa shape index (κ1) is 35.7. The van der Waals surface area contributed by atoms with E-state index in [1.165, 1.54) is 87.5 Å². The number of rotatable bonds is 7. The van der Waals surface area contributed by atoms with E-state index in [1.54, 1.807) is 0 Å². The maximum Gasteiger partial charge on any atom is 0.0553 e. The summed E-state index contributed by atoms with van der Waals surface area (Å²) in [6.45, 7) is 0. The standard InChI is InChI=1S/C60H40N2/c1-3-16-42(17-4-1)53-25-11-13-28-56(53)61(49-35-32-41(33-36-49)44-34-37-52-46(38-44)31-30-43-18-7-9-24-51(43)52)50-23-15-20-47(39-50)59-54-26-10-8-19-45(54)40-58-60(59)55-27-12-14-29-57(55)62(58)48-21-5-2-6-22-48/h1-40H.